The molecule has 0 bridgehead atoms. The van der Waals surface area contributed by atoms with E-state index in [2.05, 4.69) is 9.35 Å². The fourth-order valence-electron chi connectivity index (χ4n) is 1.60. The first-order valence-corrected chi connectivity index (χ1v) is 8.47. The van der Waals surface area contributed by atoms with Crippen molar-refractivity contribution in [3.8, 4) is 0 Å². The molecule has 0 saturated heterocycles. The van der Waals surface area contributed by atoms with E-state index in [4.69, 9.17) is 16.3 Å². The summed E-state index contributed by atoms with van der Waals surface area (Å²) in [6.07, 6.45) is 0.00267. The topological polar surface area (TPSA) is 85.7 Å². The highest BCUT2D eigenvalue weighted by Crippen LogP contribution is 2.12. The van der Waals surface area contributed by atoms with Crippen LogP contribution in [-0.4, -0.2) is 26.0 Å². The second-order valence-corrected chi connectivity index (χ2v) is 5.55. The Morgan fingerprint density at radius 2 is 1.92 bits per heavy atom. The average Bonchev–Trinajstić information content (AvgIpc) is 2.51. The zero-order valence-corrected chi connectivity index (χ0v) is 14.8. The van der Waals surface area contributed by atoms with Crippen molar-refractivity contribution in [3.63, 3.8) is 0 Å². The molecule has 128 valence electrons. The average molecular weight is 369 g/mol. The third kappa shape index (κ3) is 7.85. The predicted octanol–water partition coefficient (Wildman–Crippen LogP) is 3.53. The number of esters is 1. The van der Waals surface area contributed by atoms with Crippen molar-refractivity contribution in [1.29, 1.82) is 0 Å². The number of hydrogen-bond acceptors (Lipinski definition) is 6. The Morgan fingerprint density at radius 1 is 1.21 bits per heavy atom. The molecule has 1 aromatic heterocycles. The van der Waals surface area contributed by atoms with Crippen molar-refractivity contribution >= 4 is 33.9 Å². The fourth-order valence-corrected chi connectivity index (χ4v) is 1.99. The van der Waals surface area contributed by atoms with E-state index in [9.17, 15) is 13.2 Å². The number of benzene rings is 1. The molecular formula is C16H17ClN2O4S. The normalized spacial score (nSPS) is 9.46. The standard InChI is InChI=1S/C9H10N2O4S.C7H7Cl/c1-2-15-9(12)6-7-4-3-5-8(10-7)11-16(13)14;1-6-4-2-3-5-7(6)8/h3-5H,2,6H2,1H3;2-5H,1H3. The van der Waals surface area contributed by atoms with Crippen molar-refractivity contribution < 1.29 is 17.9 Å². The zero-order chi connectivity index (χ0) is 17.9. The first kappa shape index (κ1) is 19.8. The number of ether oxygens (including phenoxy) is 1. The van der Waals surface area contributed by atoms with Gasteiger partial charge in [-0.3, -0.25) is 4.79 Å². The van der Waals surface area contributed by atoms with E-state index in [1.54, 1.807) is 19.1 Å². The molecule has 0 spiro atoms. The third-order valence-electron chi connectivity index (χ3n) is 2.67. The monoisotopic (exact) mass is 368 g/mol. The summed E-state index contributed by atoms with van der Waals surface area (Å²) in [4.78, 5) is 15.0. The second kappa shape index (κ2) is 10.5. The van der Waals surface area contributed by atoms with Gasteiger partial charge in [0, 0.05) is 5.02 Å². The number of aromatic nitrogens is 1. The van der Waals surface area contributed by atoms with E-state index in [-0.39, 0.29) is 12.2 Å². The van der Waals surface area contributed by atoms with Gasteiger partial charge in [0.1, 0.15) is 0 Å². The van der Waals surface area contributed by atoms with Crippen LogP contribution in [0.4, 0.5) is 5.82 Å². The lowest BCUT2D eigenvalue weighted by atomic mass is 10.2. The van der Waals surface area contributed by atoms with E-state index in [1.165, 1.54) is 6.07 Å². The summed E-state index contributed by atoms with van der Waals surface area (Å²) in [5, 5.41) is 0.840. The van der Waals surface area contributed by atoms with Crippen molar-refractivity contribution in [1.82, 2.24) is 4.98 Å². The van der Waals surface area contributed by atoms with Crippen LogP contribution in [0.15, 0.2) is 46.8 Å². The minimum absolute atomic E-state index is 0.00267. The van der Waals surface area contributed by atoms with E-state index in [1.807, 2.05) is 31.2 Å². The minimum Gasteiger partial charge on any atom is -0.466 e. The Bertz CT molecular complexity index is 793. The Kier molecular flexibility index (Phi) is 8.67. The summed E-state index contributed by atoms with van der Waals surface area (Å²) >= 11 is 5.71. The van der Waals surface area contributed by atoms with Gasteiger partial charge >= 0.3 is 16.5 Å². The summed E-state index contributed by atoms with van der Waals surface area (Å²) in [5.74, 6) is -0.356. The Morgan fingerprint density at radius 3 is 2.46 bits per heavy atom. The predicted molar refractivity (Wildman–Crippen MR) is 91.8 cm³/mol. The van der Waals surface area contributed by atoms with Crippen LogP contribution in [0.5, 0.6) is 0 Å². The molecule has 0 fully saturated rings. The zero-order valence-electron chi connectivity index (χ0n) is 13.3. The fraction of sp³-hybridized carbons (Fsp3) is 0.250. The number of pyridine rings is 1. The van der Waals surface area contributed by atoms with Crippen molar-refractivity contribution in [2.75, 3.05) is 6.61 Å². The van der Waals surface area contributed by atoms with Crippen LogP contribution in [0, 0.1) is 6.92 Å². The summed E-state index contributed by atoms with van der Waals surface area (Å²) in [7, 11) is -2.54. The van der Waals surface area contributed by atoms with Gasteiger partial charge in [-0.1, -0.05) is 35.9 Å². The molecule has 6 nitrogen and oxygen atoms in total. The van der Waals surface area contributed by atoms with Gasteiger partial charge in [0.2, 0.25) is 0 Å². The quantitative estimate of drug-likeness (QED) is 0.770. The lowest BCUT2D eigenvalue weighted by Crippen LogP contribution is -2.08. The van der Waals surface area contributed by atoms with Crippen molar-refractivity contribution in [2.45, 2.75) is 20.3 Å². The SMILES string of the molecule is CCOC(=O)Cc1cccc(N=S(=O)=O)n1.Cc1ccccc1Cl. The van der Waals surface area contributed by atoms with Gasteiger partial charge in [-0.05, 0) is 37.6 Å². The highest BCUT2D eigenvalue weighted by atomic mass is 35.5. The van der Waals surface area contributed by atoms with E-state index in [0.717, 1.165) is 10.6 Å². The summed E-state index contributed by atoms with van der Waals surface area (Å²) in [6.45, 7) is 3.99. The van der Waals surface area contributed by atoms with Crippen LogP contribution in [0.1, 0.15) is 18.2 Å². The minimum atomic E-state index is -2.54. The van der Waals surface area contributed by atoms with Gasteiger partial charge in [-0.25, -0.2) is 4.98 Å². The molecule has 2 aromatic rings. The maximum absolute atomic E-state index is 11.1. The molecule has 8 heteroatoms. The number of aryl methyl sites for hydroxylation is 1. The van der Waals surface area contributed by atoms with Crippen LogP contribution >= 0.6 is 11.6 Å². The number of rotatable bonds is 4. The third-order valence-corrected chi connectivity index (χ3v) is 3.43. The molecule has 0 aliphatic heterocycles. The van der Waals surface area contributed by atoms with Gasteiger partial charge in [0.05, 0.1) is 18.7 Å². The second-order valence-electron chi connectivity index (χ2n) is 4.53. The van der Waals surface area contributed by atoms with Crippen LogP contribution in [0.2, 0.25) is 5.02 Å². The van der Waals surface area contributed by atoms with Gasteiger partial charge in [0.25, 0.3) is 0 Å². The van der Waals surface area contributed by atoms with Crippen molar-refractivity contribution in [3.05, 3.63) is 58.7 Å². The van der Waals surface area contributed by atoms with Gasteiger partial charge in [-0.2, -0.15) is 8.42 Å². The first-order chi connectivity index (χ1) is 11.4. The molecule has 0 N–H and O–H groups in total. The molecule has 2 rings (SSSR count). The number of carbonyl (C=O) groups excluding carboxylic acids is 1. The van der Waals surface area contributed by atoms with Gasteiger partial charge < -0.3 is 4.74 Å². The Hall–Kier alpha value is -2.25. The van der Waals surface area contributed by atoms with E-state index >= 15 is 0 Å². The molecule has 0 amide bonds. The lowest BCUT2D eigenvalue weighted by Gasteiger charge is -2.01. The molecule has 1 heterocycles. The smallest absolute Gasteiger partial charge is 0.317 e. The molecule has 0 radical (unpaired) electrons. The Labute approximate surface area is 147 Å². The summed E-state index contributed by atoms with van der Waals surface area (Å²) in [5.41, 5.74) is 1.55. The molecule has 24 heavy (non-hydrogen) atoms. The first-order valence-electron chi connectivity index (χ1n) is 7.06. The van der Waals surface area contributed by atoms with E-state index < -0.39 is 16.5 Å². The summed E-state index contributed by atoms with van der Waals surface area (Å²) in [6, 6.07) is 12.4. The molecule has 0 atom stereocenters. The van der Waals surface area contributed by atoms with Crippen molar-refractivity contribution in [2.24, 2.45) is 4.36 Å². The molecule has 0 unspecified atom stereocenters. The van der Waals surface area contributed by atoms with Crippen LogP contribution in [0.3, 0.4) is 0 Å². The molecule has 1 aromatic carbocycles. The number of halogens is 1. The number of hydrogen-bond donors (Lipinski definition) is 0. The largest absolute Gasteiger partial charge is 0.466 e. The summed E-state index contributed by atoms with van der Waals surface area (Å²) < 4.78 is 28.6. The maximum Gasteiger partial charge on any atom is 0.317 e. The molecule has 0 aliphatic rings. The number of carbonyl (C=O) groups is 1. The molecule has 0 saturated carbocycles. The maximum atomic E-state index is 11.1. The molecule has 0 aliphatic carbocycles. The Balaban J connectivity index is 0.000000300. The van der Waals surface area contributed by atoms with Crippen LogP contribution in [-0.2, 0) is 26.5 Å². The molecular weight excluding hydrogens is 352 g/mol. The van der Waals surface area contributed by atoms with Crippen LogP contribution < -0.4 is 0 Å². The van der Waals surface area contributed by atoms with Gasteiger partial charge in [0.15, 0.2) is 5.82 Å². The van der Waals surface area contributed by atoms with E-state index in [0.29, 0.717) is 12.3 Å². The van der Waals surface area contributed by atoms with Crippen LogP contribution in [0.25, 0.3) is 0 Å². The van der Waals surface area contributed by atoms with Gasteiger partial charge in [-0.15, -0.1) is 4.36 Å². The highest BCUT2D eigenvalue weighted by molar-refractivity contribution is 7.61. The highest BCUT2D eigenvalue weighted by Gasteiger charge is 2.05. The number of nitrogens with zero attached hydrogens (tertiary/aromatic N) is 2. The lowest BCUT2D eigenvalue weighted by molar-refractivity contribution is -0.142.